The van der Waals surface area contributed by atoms with Crippen molar-refractivity contribution in [3.8, 4) is 0 Å². The zero-order chi connectivity index (χ0) is 13.5. The van der Waals surface area contributed by atoms with Gasteiger partial charge in [-0.3, -0.25) is 4.90 Å². The molecule has 0 radical (unpaired) electrons. The Morgan fingerprint density at radius 1 is 1.16 bits per heavy atom. The van der Waals surface area contributed by atoms with Crippen molar-refractivity contribution in [3.63, 3.8) is 0 Å². The Morgan fingerprint density at radius 2 is 1.79 bits per heavy atom. The molecule has 2 aliphatic rings. The van der Waals surface area contributed by atoms with E-state index in [4.69, 9.17) is 0 Å². The van der Waals surface area contributed by atoms with Crippen molar-refractivity contribution in [2.75, 3.05) is 4.90 Å². The van der Waals surface area contributed by atoms with E-state index in [1.807, 2.05) is 0 Å². The average Bonchev–Trinajstić information content (AvgIpc) is 2.22. The first-order valence-electron chi connectivity index (χ1n) is 6.88. The zero-order valence-corrected chi connectivity index (χ0v) is 11.8. The van der Waals surface area contributed by atoms with Crippen molar-refractivity contribution in [2.24, 2.45) is 5.41 Å². The van der Waals surface area contributed by atoms with E-state index in [9.17, 15) is 0 Å². The smallest absolute Gasteiger partial charge is 0.162 e. The maximum atomic E-state index is 3.47. The predicted molar refractivity (Wildman–Crippen MR) is 79.4 cm³/mol. The predicted octanol–water partition coefficient (Wildman–Crippen LogP) is 4.14. The molecule has 0 fully saturated rings. The number of nitrogens with one attached hydrogen (secondary N) is 1. The molecule has 19 heavy (non-hydrogen) atoms. The molecule has 1 aromatic rings. The highest BCUT2D eigenvalue weighted by atomic mass is 15.3. The van der Waals surface area contributed by atoms with Gasteiger partial charge in [0.25, 0.3) is 0 Å². The molecule has 0 amide bonds. The lowest BCUT2D eigenvalue weighted by Crippen LogP contribution is -2.39. The van der Waals surface area contributed by atoms with Gasteiger partial charge in [0.05, 0.1) is 5.70 Å². The van der Waals surface area contributed by atoms with Crippen LogP contribution in [0.1, 0.15) is 33.6 Å². The van der Waals surface area contributed by atoms with Crippen molar-refractivity contribution in [1.82, 2.24) is 5.32 Å². The van der Waals surface area contributed by atoms with Gasteiger partial charge in [-0.1, -0.05) is 50.8 Å². The van der Waals surface area contributed by atoms with Crippen molar-refractivity contribution in [3.05, 3.63) is 59.4 Å². The maximum absolute atomic E-state index is 3.47. The van der Waals surface area contributed by atoms with Crippen molar-refractivity contribution < 1.29 is 0 Å². The summed E-state index contributed by atoms with van der Waals surface area (Å²) < 4.78 is 0. The highest BCUT2D eigenvalue weighted by molar-refractivity contribution is 5.60. The molecule has 0 bridgehead atoms. The lowest BCUT2D eigenvalue weighted by Gasteiger charge is -2.38. The molecule has 0 unspecified atom stereocenters. The number of para-hydroxylation sites is 1. The first-order valence-corrected chi connectivity index (χ1v) is 6.88. The largest absolute Gasteiger partial charge is 0.331 e. The number of allylic oxidation sites excluding steroid dienone is 3. The van der Waals surface area contributed by atoms with E-state index in [2.05, 4.69) is 73.1 Å². The fraction of sp³-hybridized carbons (Fsp3) is 0.353. The third kappa shape index (κ3) is 2.20. The molecular weight excluding hydrogens is 232 g/mol. The summed E-state index contributed by atoms with van der Waals surface area (Å²) in [5.41, 5.74) is 7.37. The molecule has 3 rings (SSSR count). The second-order valence-electron chi connectivity index (χ2n) is 6.13. The van der Waals surface area contributed by atoms with Gasteiger partial charge in [0.15, 0.2) is 5.82 Å². The Hall–Kier alpha value is -1.92. The van der Waals surface area contributed by atoms with Gasteiger partial charge in [-0.15, -0.1) is 0 Å². The van der Waals surface area contributed by atoms with E-state index in [1.54, 1.807) is 0 Å². The summed E-state index contributed by atoms with van der Waals surface area (Å²) in [5, 5.41) is 3.47. The molecule has 2 heteroatoms. The van der Waals surface area contributed by atoms with E-state index in [1.165, 1.54) is 23.5 Å². The number of rotatable bonds is 3. The molecule has 0 saturated carbocycles. The quantitative estimate of drug-likeness (QED) is 0.813. The topological polar surface area (TPSA) is 15.3 Å². The molecule has 1 heterocycles. The fourth-order valence-electron chi connectivity index (χ4n) is 2.22. The lowest BCUT2D eigenvalue weighted by molar-refractivity contribution is 0.460. The van der Waals surface area contributed by atoms with Crippen LogP contribution in [0.5, 0.6) is 0 Å². The van der Waals surface area contributed by atoms with Gasteiger partial charge in [-0.05, 0) is 25.0 Å². The minimum atomic E-state index is 0.139. The second kappa shape index (κ2) is 4.32. The molecule has 0 aromatic heterocycles. The number of nitrogens with zero attached hydrogens (tertiary/aromatic N) is 1. The van der Waals surface area contributed by atoms with Crippen LogP contribution in [0.4, 0.5) is 5.69 Å². The van der Waals surface area contributed by atoms with Crippen LogP contribution >= 0.6 is 0 Å². The Balaban J connectivity index is 1.98. The Labute approximate surface area is 115 Å². The summed E-state index contributed by atoms with van der Waals surface area (Å²) in [5.74, 6) is 1.07. The summed E-state index contributed by atoms with van der Waals surface area (Å²) in [6.45, 7) is 6.61. The van der Waals surface area contributed by atoms with E-state index in [-0.39, 0.29) is 5.41 Å². The van der Waals surface area contributed by atoms with Gasteiger partial charge in [0, 0.05) is 16.8 Å². The van der Waals surface area contributed by atoms with Gasteiger partial charge >= 0.3 is 0 Å². The van der Waals surface area contributed by atoms with Gasteiger partial charge in [0.1, 0.15) is 0 Å². The van der Waals surface area contributed by atoms with E-state index in [0.29, 0.717) is 0 Å². The van der Waals surface area contributed by atoms with E-state index >= 15 is 0 Å². The van der Waals surface area contributed by atoms with Crippen LogP contribution in [-0.2, 0) is 0 Å². The first kappa shape index (κ1) is 12.1. The number of benzene rings is 1. The summed E-state index contributed by atoms with van der Waals surface area (Å²) in [7, 11) is 0. The third-order valence-electron chi connectivity index (χ3n) is 3.54. The molecule has 0 saturated heterocycles. The molecule has 1 aromatic carbocycles. The fourth-order valence-corrected chi connectivity index (χ4v) is 2.22. The van der Waals surface area contributed by atoms with Gasteiger partial charge in [-0.25, -0.2) is 0 Å². The number of hydrogen-bond acceptors (Lipinski definition) is 2. The van der Waals surface area contributed by atoms with Crippen LogP contribution in [0.15, 0.2) is 59.4 Å². The van der Waals surface area contributed by atoms with E-state index in [0.717, 1.165) is 12.2 Å². The summed E-state index contributed by atoms with van der Waals surface area (Å²) >= 11 is 0. The van der Waals surface area contributed by atoms with Crippen LogP contribution in [0.25, 0.3) is 0 Å². The third-order valence-corrected chi connectivity index (χ3v) is 3.54. The molecule has 2 nitrogen and oxygen atoms in total. The van der Waals surface area contributed by atoms with Gasteiger partial charge in [0.2, 0.25) is 0 Å². The molecule has 1 aliphatic carbocycles. The Morgan fingerprint density at radius 3 is 2.26 bits per heavy atom. The molecule has 1 aliphatic heterocycles. The second-order valence-corrected chi connectivity index (χ2v) is 6.13. The van der Waals surface area contributed by atoms with Crippen LogP contribution in [0, 0.1) is 5.41 Å². The average molecular weight is 252 g/mol. The maximum Gasteiger partial charge on any atom is 0.162 e. The zero-order valence-electron chi connectivity index (χ0n) is 11.8. The van der Waals surface area contributed by atoms with Crippen LogP contribution < -0.4 is 10.2 Å². The Kier molecular flexibility index (Phi) is 2.76. The van der Waals surface area contributed by atoms with Gasteiger partial charge in [-0.2, -0.15) is 0 Å². The standard InChI is InChI=1S/C17H20N2/c1-17(2,3)15-12-16(18-15)19(14-10-7-11-14)13-8-5-4-6-9-13/h4-6,8-10,18H,7,11H2,1-3H3. The molecule has 0 atom stereocenters. The van der Waals surface area contributed by atoms with Gasteiger partial charge < -0.3 is 5.32 Å². The van der Waals surface area contributed by atoms with Crippen LogP contribution in [-0.4, -0.2) is 0 Å². The SMILES string of the molecule is CC(C)(C)C1=C=C(N(C2=CCC2)c2ccccc2)N1. The minimum absolute atomic E-state index is 0.139. The summed E-state index contributed by atoms with van der Waals surface area (Å²) in [6, 6.07) is 10.5. The number of hydrogen-bond donors (Lipinski definition) is 1. The summed E-state index contributed by atoms with van der Waals surface area (Å²) in [4.78, 5) is 2.28. The molecule has 1 N–H and O–H groups in total. The molecule has 0 spiro atoms. The molecular formula is C17H20N2. The Bertz CT molecular complexity index is 581. The van der Waals surface area contributed by atoms with Crippen LogP contribution in [0.2, 0.25) is 0 Å². The number of anilines is 1. The normalized spacial score (nSPS) is 17.3. The highest BCUT2D eigenvalue weighted by Gasteiger charge is 2.29. The minimum Gasteiger partial charge on any atom is -0.331 e. The van der Waals surface area contributed by atoms with Crippen molar-refractivity contribution >= 4 is 5.69 Å². The van der Waals surface area contributed by atoms with E-state index < -0.39 is 0 Å². The van der Waals surface area contributed by atoms with Crippen LogP contribution in [0.3, 0.4) is 0 Å². The monoisotopic (exact) mass is 252 g/mol. The van der Waals surface area contributed by atoms with Crippen molar-refractivity contribution in [2.45, 2.75) is 33.6 Å². The highest BCUT2D eigenvalue weighted by Crippen LogP contribution is 2.35. The van der Waals surface area contributed by atoms with Crippen molar-refractivity contribution in [1.29, 1.82) is 0 Å². The first-order chi connectivity index (χ1) is 9.05. The molecule has 98 valence electrons. The summed E-state index contributed by atoms with van der Waals surface area (Å²) in [6.07, 6.45) is 4.62. The lowest BCUT2D eigenvalue weighted by atomic mass is 9.90.